The van der Waals surface area contributed by atoms with Crippen molar-refractivity contribution in [1.29, 1.82) is 0 Å². The zero-order valence-electron chi connectivity index (χ0n) is 12.6. The number of carboxylic acid groups (broad SMARTS) is 1. The third-order valence-electron chi connectivity index (χ3n) is 3.96. The molecule has 4 nitrogen and oxygen atoms in total. The molecular formula is C16H24N2O2. The molecule has 0 aromatic carbocycles. The number of nitrogens with zero attached hydrogens (tertiary/aromatic N) is 2. The van der Waals surface area contributed by atoms with E-state index in [0.29, 0.717) is 18.5 Å². The van der Waals surface area contributed by atoms with Gasteiger partial charge in [-0.1, -0.05) is 0 Å². The van der Waals surface area contributed by atoms with Crippen molar-refractivity contribution in [3.05, 3.63) is 29.1 Å². The summed E-state index contributed by atoms with van der Waals surface area (Å²) in [6, 6.07) is 5.01. The molecule has 1 atom stereocenters. The number of hydrogen-bond donors (Lipinski definition) is 1. The normalized spacial score (nSPS) is 19.7. The maximum atomic E-state index is 10.7. The van der Waals surface area contributed by atoms with Gasteiger partial charge in [0.05, 0.1) is 11.7 Å². The quantitative estimate of drug-likeness (QED) is 0.898. The average Bonchev–Trinajstić information content (AvgIpc) is 2.85. The second kappa shape index (κ2) is 6.35. The lowest BCUT2D eigenvalue weighted by atomic mass is 10.0. The summed E-state index contributed by atoms with van der Waals surface area (Å²) in [7, 11) is 0. The van der Waals surface area contributed by atoms with Crippen LogP contribution >= 0.6 is 0 Å². The lowest BCUT2D eigenvalue weighted by molar-refractivity contribution is -0.136. The first kappa shape index (κ1) is 15.0. The lowest BCUT2D eigenvalue weighted by Gasteiger charge is -2.28. The lowest BCUT2D eigenvalue weighted by Crippen LogP contribution is -2.30. The van der Waals surface area contributed by atoms with Crippen molar-refractivity contribution in [1.82, 2.24) is 9.88 Å². The summed E-state index contributed by atoms with van der Waals surface area (Å²) in [5.74, 6) is -0.745. The van der Waals surface area contributed by atoms with Gasteiger partial charge in [-0.3, -0.25) is 14.7 Å². The molecule has 1 N–H and O–H groups in total. The summed E-state index contributed by atoms with van der Waals surface area (Å²) in [6.45, 7) is 7.56. The van der Waals surface area contributed by atoms with Gasteiger partial charge in [-0.05, 0) is 64.3 Å². The van der Waals surface area contributed by atoms with Gasteiger partial charge in [0.25, 0.3) is 0 Å². The second-order valence-corrected chi connectivity index (χ2v) is 5.92. The highest BCUT2D eigenvalue weighted by Crippen LogP contribution is 2.33. The summed E-state index contributed by atoms with van der Waals surface area (Å²) in [5.41, 5.74) is 3.18. The molecule has 0 aliphatic carbocycles. The van der Waals surface area contributed by atoms with E-state index in [4.69, 9.17) is 5.11 Å². The van der Waals surface area contributed by atoms with Crippen molar-refractivity contribution < 1.29 is 9.90 Å². The summed E-state index contributed by atoms with van der Waals surface area (Å²) < 4.78 is 0. The van der Waals surface area contributed by atoms with E-state index in [2.05, 4.69) is 29.8 Å². The Morgan fingerprint density at radius 2 is 2.25 bits per heavy atom. The van der Waals surface area contributed by atoms with E-state index < -0.39 is 5.97 Å². The monoisotopic (exact) mass is 276 g/mol. The molecule has 0 bridgehead atoms. The SMILES string of the molecule is Cc1cc(CCC(=O)O)cc(C2CCCN2C(C)C)n1. The minimum absolute atomic E-state index is 0.182. The first-order chi connectivity index (χ1) is 9.47. The molecule has 1 aliphatic rings. The van der Waals surface area contributed by atoms with Gasteiger partial charge in [-0.15, -0.1) is 0 Å². The van der Waals surface area contributed by atoms with Gasteiger partial charge in [-0.25, -0.2) is 0 Å². The van der Waals surface area contributed by atoms with Gasteiger partial charge < -0.3 is 5.11 Å². The molecule has 1 aromatic rings. The zero-order chi connectivity index (χ0) is 14.7. The van der Waals surface area contributed by atoms with Crippen LogP contribution in [0.25, 0.3) is 0 Å². The predicted molar refractivity (Wildman–Crippen MR) is 78.7 cm³/mol. The number of aryl methyl sites for hydroxylation is 2. The van der Waals surface area contributed by atoms with Crippen molar-refractivity contribution >= 4 is 5.97 Å². The highest BCUT2D eigenvalue weighted by atomic mass is 16.4. The summed E-state index contributed by atoms with van der Waals surface area (Å²) in [4.78, 5) is 17.9. The van der Waals surface area contributed by atoms with E-state index >= 15 is 0 Å². The number of likely N-dealkylation sites (tertiary alicyclic amines) is 1. The Balaban J connectivity index is 2.20. The zero-order valence-corrected chi connectivity index (χ0v) is 12.6. The third-order valence-corrected chi connectivity index (χ3v) is 3.96. The molecule has 2 heterocycles. The van der Waals surface area contributed by atoms with E-state index in [1.165, 1.54) is 6.42 Å². The average molecular weight is 276 g/mol. The number of aliphatic carboxylic acids is 1. The summed E-state index contributed by atoms with van der Waals surface area (Å²) in [6.07, 6.45) is 3.12. The second-order valence-electron chi connectivity index (χ2n) is 5.92. The molecule has 4 heteroatoms. The molecule has 0 radical (unpaired) electrons. The molecule has 1 aliphatic heterocycles. The van der Waals surface area contributed by atoms with Crippen molar-refractivity contribution in [3.63, 3.8) is 0 Å². The van der Waals surface area contributed by atoms with Crippen LogP contribution in [0.15, 0.2) is 12.1 Å². The summed E-state index contributed by atoms with van der Waals surface area (Å²) >= 11 is 0. The van der Waals surface area contributed by atoms with E-state index in [1.54, 1.807) is 0 Å². The standard InChI is InChI=1S/C16H24N2O2/c1-11(2)18-8-4-5-15(18)14-10-13(6-7-16(19)20)9-12(3)17-14/h9-11,15H,4-8H2,1-3H3,(H,19,20). The topological polar surface area (TPSA) is 53.4 Å². The fraction of sp³-hybridized carbons (Fsp3) is 0.625. The molecule has 2 rings (SSSR count). The molecular weight excluding hydrogens is 252 g/mol. The Hall–Kier alpha value is -1.42. The molecule has 1 unspecified atom stereocenters. The number of pyridine rings is 1. The fourth-order valence-corrected chi connectivity index (χ4v) is 3.06. The van der Waals surface area contributed by atoms with Crippen LogP contribution in [0, 0.1) is 6.92 Å². The van der Waals surface area contributed by atoms with Gasteiger partial charge >= 0.3 is 5.97 Å². The van der Waals surface area contributed by atoms with E-state index in [1.807, 2.05) is 13.0 Å². The van der Waals surface area contributed by atoms with Crippen LogP contribution in [0.5, 0.6) is 0 Å². The Morgan fingerprint density at radius 1 is 1.50 bits per heavy atom. The number of carbonyl (C=O) groups is 1. The molecule has 0 spiro atoms. The molecule has 20 heavy (non-hydrogen) atoms. The Morgan fingerprint density at radius 3 is 2.90 bits per heavy atom. The maximum absolute atomic E-state index is 10.7. The third kappa shape index (κ3) is 3.57. The molecule has 1 saturated heterocycles. The highest BCUT2D eigenvalue weighted by Gasteiger charge is 2.29. The highest BCUT2D eigenvalue weighted by molar-refractivity contribution is 5.67. The first-order valence-electron chi connectivity index (χ1n) is 7.42. The van der Waals surface area contributed by atoms with Crippen molar-refractivity contribution in [3.8, 4) is 0 Å². The van der Waals surface area contributed by atoms with Crippen molar-refractivity contribution in [2.45, 2.75) is 58.5 Å². The van der Waals surface area contributed by atoms with Crippen LogP contribution in [0.4, 0.5) is 0 Å². The Kier molecular flexibility index (Phi) is 4.76. The van der Waals surface area contributed by atoms with Crippen LogP contribution in [-0.2, 0) is 11.2 Å². The van der Waals surface area contributed by atoms with Crippen LogP contribution in [0.3, 0.4) is 0 Å². The van der Waals surface area contributed by atoms with Crippen LogP contribution < -0.4 is 0 Å². The maximum Gasteiger partial charge on any atom is 0.303 e. The first-order valence-corrected chi connectivity index (χ1v) is 7.42. The Bertz CT molecular complexity index is 485. The number of aromatic nitrogens is 1. The van der Waals surface area contributed by atoms with Crippen LogP contribution in [0.2, 0.25) is 0 Å². The Labute approximate surface area is 120 Å². The van der Waals surface area contributed by atoms with E-state index in [0.717, 1.165) is 29.9 Å². The van der Waals surface area contributed by atoms with Gasteiger partial charge in [0.2, 0.25) is 0 Å². The minimum atomic E-state index is -0.745. The number of hydrogen-bond acceptors (Lipinski definition) is 3. The predicted octanol–water partition coefficient (Wildman–Crippen LogP) is 2.95. The van der Waals surface area contributed by atoms with Gasteiger partial charge in [-0.2, -0.15) is 0 Å². The van der Waals surface area contributed by atoms with Crippen LogP contribution in [-0.4, -0.2) is 33.5 Å². The fourth-order valence-electron chi connectivity index (χ4n) is 3.06. The number of rotatable bonds is 5. The molecule has 110 valence electrons. The van der Waals surface area contributed by atoms with Crippen molar-refractivity contribution in [2.24, 2.45) is 0 Å². The van der Waals surface area contributed by atoms with E-state index in [9.17, 15) is 4.79 Å². The minimum Gasteiger partial charge on any atom is -0.481 e. The van der Waals surface area contributed by atoms with Gasteiger partial charge in [0.1, 0.15) is 0 Å². The molecule has 0 saturated carbocycles. The molecule has 1 fully saturated rings. The van der Waals surface area contributed by atoms with Crippen molar-refractivity contribution in [2.75, 3.05) is 6.54 Å². The summed E-state index contributed by atoms with van der Waals surface area (Å²) in [5, 5.41) is 8.82. The largest absolute Gasteiger partial charge is 0.481 e. The molecule has 1 aromatic heterocycles. The van der Waals surface area contributed by atoms with E-state index in [-0.39, 0.29) is 6.42 Å². The van der Waals surface area contributed by atoms with Gasteiger partial charge in [0, 0.05) is 18.2 Å². The number of carboxylic acids is 1. The van der Waals surface area contributed by atoms with Gasteiger partial charge in [0.15, 0.2) is 0 Å². The smallest absolute Gasteiger partial charge is 0.303 e. The molecule has 0 amide bonds. The van der Waals surface area contributed by atoms with Crippen LogP contribution in [0.1, 0.15) is 56.1 Å².